The number of hydrogen-bond donors (Lipinski definition) is 1. The van der Waals surface area contributed by atoms with Crippen LogP contribution in [0.3, 0.4) is 0 Å². The van der Waals surface area contributed by atoms with Crippen molar-refractivity contribution in [2.24, 2.45) is 11.8 Å². The Kier molecular flexibility index (Phi) is 3.70. The molecule has 1 N–H and O–H groups in total. The van der Waals surface area contributed by atoms with Gasteiger partial charge in [-0.1, -0.05) is 35.5 Å². The van der Waals surface area contributed by atoms with Crippen LogP contribution in [-0.2, 0) is 9.53 Å². The molecule has 2 unspecified atom stereocenters. The first-order valence-electron chi connectivity index (χ1n) is 6.14. The second-order valence-electron chi connectivity index (χ2n) is 4.82. The molecular formula is C15H18O3. The summed E-state index contributed by atoms with van der Waals surface area (Å²) in [4.78, 5) is 11.0. The Labute approximate surface area is 107 Å². The average molecular weight is 246 g/mol. The second kappa shape index (κ2) is 5.25. The highest BCUT2D eigenvalue weighted by molar-refractivity contribution is 5.73. The van der Waals surface area contributed by atoms with Gasteiger partial charge in [0.25, 0.3) is 0 Å². The van der Waals surface area contributed by atoms with E-state index in [1.807, 2.05) is 6.08 Å². The first kappa shape index (κ1) is 12.7. The molecule has 0 aromatic heterocycles. The average Bonchev–Trinajstić information content (AvgIpc) is 2.37. The van der Waals surface area contributed by atoms with Gasteiger partial charge < -0.3 is 9.84 Å². The Morgan fingerprint density at radius 3 is 3.00 bits per heavy atom. The zero-order valence-electron chi connectivity index (χ0n) is 10.7. The number of ether oxygens (including phenoxy) is 1. The van der Waals surface area contributed by atoms with E-state index in [4.69, 9.17) is 9.84 Å². The maximum absolute atomic E-state index is 11.0. The summed E-state index contributed by atoms with van der Waals surface area (Å²) in [5.74, 6) is -0.800. The molecule has 3 nitrogen and oxygen atoms in total. The normalized spacial score (nSPS) is 26.1. The van der Waals surface area contributed by atoms with Crippen LogP contribution in [0.4, 0.5) is 0 Å². The van der Waals surface area contributed by atoms with Gasteiger partial charge in [-0.3, -0.25) is 4.79 Å². The summed E-state index contributed by atoms with van der Waals surface area (Å²) in [6.07, 6.45) is 11.7. The predicted octanol–water partition coefficient (Wildman–Crippen LogP) is 3.07. The van der Waals surface area contributed by atoms with Crippen molar-refractivity contribution < 1.29 is 14.6 Å². The van der Waals surface area contributed by atoms with E-state index in [0.717, 1.165) is 24.0 Å². The van der Waals surface area contributed by atoms with Crippen molar-refractivity contribution in [2.75, 3.05) is 7.11 Å². The van der Waals surface area contributed by atoms with Gasteiger partial charge in [-0.05, 0) is 25.3 Å². The molecule has 2 rings (SSSR count). The molecule has 0 aromatic carbocycles. The SMILES string of the molecule is COC=C1C=CC2CC(C(C)C(=O)O)=CC=C2C1. The zero-order valence-corrected chi connectivity index (χ0v) is 10.7. The van der Waals surface area contributed by atoms with E-state index in [1.54, 1.807) is 20.3 Å². The molecule has 3 heteroatoms. The van der Waals surface area contributed by atoms with Crippen LogP contribution in [0.25, 0.3) is 0 Å². The number of aliphatic carboxylic acids is 1. The van der Waals surface area contributed by atoms with Crippen molar-refractivity contribution in [3.05, 3.63) is 47.3 Å². The van der Waals surface area contributed by atoms with Crippen molar-refractivity contribution >= 4 is 5.97 Å². The fourth-order valence-corrected chi connectivity index (χ4v) is 2.42. The lowest BCUT2D eigenvalue weighted by atomic mass is 9.77. The summed E-state index contributed by atoms with van der Waals surface area (Å²) in [6.45, 7) is 1.75. The molecule has 2 atom stereocenters. The number of methoxy groups -OCH3 is 1. The monoisotopic (exact) mass is 246 g/mol. The van der Waals surface area contributed by atoms with Crippen LogP contribution >= 0.6 is 0 Å². The number of carboxylic acid groups (broad SMARTS) is 1. The summed E-state index contributed by atoms with van der Waals surface area (Å²) in [7, 11) is 1.65. The van der Waals surface area contributed by atoms with Crippen LogP contribution < -0.4 is 0 Å². The Morgan fingerprint density at radius 1 is 1.56 bits per heavy atom. The molecular weight excluding hydrogens is 228 g/mol. The molecule has 0 saturated carbocycles. The summed E-state index contributed by atoms with van der Waals surface area (Å²) in [5, 5.41) is 9.04. The van der Waals surface area contributed by atoms with Crippen molar-refractivity contribution in [1.29, 1.82) is 0 Å². The van der Waals surface area contributed by atoms with Gasteiger partial charge in [0.05, 0.1) is 19.3 Å². The summed E-state index contributed by atoms with van der Waals surface area (Å²) in [5.41, 5.74) is 3.49. The van der Waals surface area contributed by atoms with Gasteiger partial charge in [0.2, 0.25) is 0 Å². The molecule has 0 bridgehead atoms. The summed E-state index contributed by atoms with van der Waals surface area (Å²) < 4.78 is 5.02. The van der Waals surface area contributed by atoms with Crippen LogP contribution in [0.15, 0.2) is 47.3 Å². The first-order chi connectivity index (χ1) is 8.61. The minimum atomic E-state index is -0.752. The highest BCUT2D eigenvalue weighted by atomic mass is 16.5. The molecule has 0 amide bonds. The number of rotatable bonds is 3. The molecule has 0 radical (unpaired) electrons. The number of allylic oxidation sites excluding steroid dienone is 6. The molecule has 2 aliphatic carbocycles. The molecule has 18 heavy (non-hydrogen) atoms. The fourth-order valence-electron chi connectivity index (χ4n) is 2.42. The van der Waals surface area contributed by atoms with E-state index in [0.29, 0.717) is 5.92 Å². The van der Waals surface area contributed by atoms with Crippen molar-refractivity contribution in [3.8, 4) is 0 Å². The van der Waals surface area contributed by atoms with Crippen LogP contribution in [0.1, 0.15) is 19.8 Å². The Bertz CT molecular complexity index is 466. The van der Waals surface area contributed by atoms with Crippen molar-refractivity contribution in [1.82, 2.24) is 0 Å². The topological polar surface area (TPSA) is 46.5 Å². The van der Waals surface area contributed by atoms with E-state index >= 15 is 0 Å². The van der Waals surface area contributed by atoms with Gasteiger partial charge in [0.15, 0.2) is 0 Å². The third kappa shape index (κ3) is 2.55. The van der Waals surface area contributed by atoms with Crippen molar-refractivity contribution in [2.45, 2.75) is 19.8 Å². The highest BCUT2D eigenvalue weighted by Crippen LogP contribution is 2.36. The predicted molar refractivity (Wildman–Crippen MR) is 69.9 cm³/mol. The highest BCUT2D eigenvalue weighted by Gasteiger charge is 2.25. The molecule has 96 valence electrons. The van der Waals surface area contributed by atoms with Crippen LogP contribution in [0.2, 0.25) is 0 Å². The molecule has 0 fully saturated rings. The van der Waals surface area contributed by atoms with Crippen LogP contribution in [0, 0.1) is 11.8 Å². The van der Waals surface area contributed by atoms with E-state index in [2.05, 4.69) is 18.2 Å². The number of hydrogen-bond acceptors (Lipinski definition) is 2. The standard InChI is InChI=1S/C15H18O3/c1-10(15(16)17)12-5-6-13-7-11(9-18-2)3-4-14(13)8-12/h3-6,9-10,14H,7-8H2,1-2H3,(H,16,17). The molecule has 0 saturated heterocycles. The lowest BCUT2D eigenvalue weighted by Gasteiger charge is -2.27. The number of carboxylic acids is 1. The van der Waals surface area contributed by atoms with Gasteiger partial charge in [-0.2, -0.15) is 0 Å². The summed E-state index contributed by atoms with van der Waals surface area (Å²) in [6, 6.07) is 0. The Hall–Kier alpha value is -1.77. The van der Waals surface area contributed by atoms with Crippen LogP contribution in [-0.4, -0.2) is 18.2 Å². The minimum absolute atomic E-state index is 0.348. The van der Waals surface area contributed by atoms with Crippen molar-refractivity contribution in [3.63, 3.8) is 0 Å². The molecule has 2 aliphatic rings. The third-order valence-electron chi connectivity index (χ3n) is 3.59. The van der Waals surface area contributed by atoms with E-state index in [1.165, 1.54) is 5.57 Å². The fraction of sp³-hybridized carbons (Fsp3) is 0.400. The maximum atomic E-state index is 11.0. The van der Waals surface area contributed by atoms with Gasteiger partial charge in [-0.25, -0.2) is 0 Å². The lowest BCUT2D eigenvalue weighted by Crippen LogP contribution is -2.18. The van der Waals surface area contributed by atoms with E-state index < -0.39 is 11.9 Å². The molecule has 0 spiro atoms. The van der Waals surface area contributed by atoms with Gasteiger partial charge in [0.1, 0.15) is 0 Å². The van der Waals surface area contributed by atoms with Gasteiger partial charge >= 0.3 is 5.97 Å². The molecule has 0 aromatic rings. The minimum Gasteiger partial charge on any atom is -0.504 e. The van der Waals surface area contributed by atoms with E-state index in [9.17, 15) is 4.79 Å². The smallest absolute Gasteiger partial charge is 0.310 e. The molecule has 0 heterocycles. The lowest BCUT2D eigenvalue weighted by molar-refractivity contribution is -0.139. The Balaban J connectivity index is 2.18. The largest absolute Gasteiger partial charge is 0.504 e. The number of carbonyl (C=O) groups is 1. The quantitative estimate of drug-likeness (QED) is 0.778. The van der Waals surface area contributed by atoms with Crippen LogP contribution in [0.5, 0.6) is 0 Å². The third-order valence-corrected chi connectivity index (χ3v) is 3.59. The first-order valence-corrected chi connectivity index (χ1v) is 6.14. The zero-order chi connectivity index (χ0) is 13.1. The summed E-state index contributed by atoms with van der Waals surface area (Å²) >= 11 is 0. The second-order valence-corrected chi connectivity index (χ2v) is 4.82. The van der Waals surface area contributed by atoms with Gasteiger partial charge in [-0.15, -0.1) is 0 Å². The maximum Gasteiger partial charge on any atom is 0.310 e. The molecule has 0 aliphatic heterocycles. The van der Waals surface area contributed by atoms with Gasteiger partial charge in [0, 0.05) is 5.92 Å². The van der Waals surface area contributed by atoms with E-state index in [-0.39, 0.29) is 0 Å². The Morgan fingerprint density at radius 2 is 2.33 bits per heavy atom. The number of fused-ring (bicyclic) bond motifs is 1.